The average molecular weight is 341 g/mol. The number of thioether (sulfide) groups is 1. The molecule has 0 radical (unpaired) electrons. The SMILES string of the molecule is O=C(O)CC1SC2=NCCCCN2C1(O)c1ccc(Cl)cc1. The van der Waals surface area contributed by atoms with Crippen LogP contribution in [0.1, 0.15) is 24.8 Å². The number of aliphatic hydroxyl groups is 1. The lowest BCUT2D eigenvalue weighted by atomic mass is 9.95. The summed E-state index contributed by atoms with van der Waals surface area (Å²) in [5.41, 5.74) is -0.709. The summed E-state index contributed by atoms with van der Waals surface area (Å²) in [5, 5.41) is 21.4. The van der Waals surface area contributed by atoms with Crippen molar-refractivity contribution in [3.05, 3.63) is 34.9 Å². The zero-order chi connectivity index (χ0) is 15.7. The van der Waals surface area contributed by atoms with Crippen LogP contribution in [-0.4, -0.2) is 44.6 Å². The predicted octanol–water partition coefficient (Wildman–Crippen LogP) is 2.53. The molecule has 1 fully saturated rings. The van der Waals surface area contributed by atoms with Crippen LogP contribution in [-0.2, 0) is 10.5 Å². The Balaban J connectivity index is 2.04. The summed E-state index contributed by atoms with van der Waals surface area (Å²) in [6.07, 6.45) is 1.77. The van der Waals surface area contributed by atoms with E-state index in [9.17, 15) is 15.0 Å². The molecule has 1 saturated heterocycles. The number of carbonyl (C=O) groups is 1. The van der Waals surface area contributed by atoms with Crippen LogP contribution in [0.15, 0.2) is 29.3 Å². The monoisotopic (exact) mass is 340 g/mol. The Kier molecular flexibility index (Phi) is 4.34. The van der Waals surface area contributed by atoms with Crippen LogP contribution in [0.2, 0.25) is 5.02 Å². The van der Waals surface area contributed by atoms with Crippen LogP contribution in [0.5, 0.6) is 0 Å². The molecule has 22 heavy (non-hydrogen) atoms. The fourth-order valence-electron chi connectivity index (χ4n) is 2.92. The minimum absolute atomic E-state index is 0.126. The standard InChI is InChI=1S/C15H17ClN2O3S/c16-11-5-3-10(4-6-11)15(21)12(9-13(19)20)22-14-17-7-1-2-8-18(14)15/h3-6,12,21H,1-2,7-9H2,(H,19,20). The van der Waals surface area contributed by atoms with Gasteiger partial charge < -0.3 is 15.1 Å². The summed E-state index contributed by atoms with van der Waals surface area (Å²) in [5.74, 6) is -0.928. The van der Waals surface area contributed by atoms with Gasteiger partial charge in [-0.25, -0.2) is 0 Å². The van der Waals surface area contributed by atoms with E-state index in [0.717, 1.165) is 24.6 Å². The Morgan fingerprint density at radius 3 is 2.82 bits per heavy atom. The van der Waals surface area contributed by atoms with E-state index in [-0.39, 0.29) is 6.42 Å². The van der Waals surface area contributed by atoms with Gasteiger partial charge in [0.25, 0.3) is 0 Å². The molecule has 2 unspecified atom stereocenters. The Bertz CT molecular complexity index is 607. The molecule has 0 bridgehead atoms. The molecule has 0 amide bonds. The molecule has 2 atom stereocenters. The summed E-state index contributed by atoms with van der Waals surface area (Å²) in [6, 6.07) is 6.94. The number of halogens is 1. The highest BCUT2D eigenvalue weighted by Gasteiger charge is 2.53. The summed E-state index contributed by atoms with van der Waals surface area (Å²) in [7, 11) is 0. The van der Waals surface area contributed by atoms with Gasteiger partial charge in [0.1, 0.15) is 0 Å². The molecular weight excluding hydrogens is 324 g/mol. The predicted molar refractivity (Wildman–Crippen MR) is 87.2 cm³/mol. The largest absolute Gasteiger partial charge is 0.481 e. The first-order chi connectivity index (χ1) is 10.5. The minimum Gasteiger partial charge on any atom is -0.481 e. The maximum absolute atomic E-state index is 11.4. The van der Waals surface area contributed by atoms with E-state index >= 15 is 0 Å². The molecule has 2 aliphatic heterocycles. The second-order valence-corrected chi connectivity index (χ2v) is 7.07. The normalized spacial score (nSPS) is 28.0. The van der Waals surface area contributed by atoms with Crippen molar-refractivity contribution < 1.29 is 15.0 Å². The minimum atomic E-state index is -1.36. The topological polar surface area (TPSA) is 73.1 Å². The number of rotatable bonds is 3. The molecule has 1 aromatic rings. The first-order valence-corrected chi connectivity index (χ1v) is 8.46. The molecule has 2 aliphatic rings. The maximum Gasteiger partial charge on any atom is 0.304 e. The molecule has 2 N–H and O–H groups in total. The highest BCUT2D eigenvalue weighted by atomic mass is 35.5. The number of aliphatic carboxylic acids is 1. The Morgan fingerprint density at radius 1 is 1.41 bits per heavy atom. The van der Waals surface area contributed by atoms with E-state index in [1.165, 1.54) is 11.8 Å². The lowest BCUT2D eigenvalue weighted by molar-refractivity contribution is -0.140. The van der Waals surface area contributed by atoms with E-state index < -0.39 is 16.9 Å². The number of fused-ring (bicyclic) bond motifs is 1. The van der Waals surface area contributed by atoms with Crippen molar-refractivity contribution in [3.8, 4) is 0 Å². The van der Waals surface area contributed by atoms with Gasteiger partial charge in [0.15, 0.2) is 10.9 Å². The van der Waals surface area contributed by atoms with E-state index in [4.69, 9.17) is 11.6 Å². The zero-order valence-electron chi connectivity index (χ0n) is 11.9. The highest BCUT2D eigenvalue weighted by Crippen LogP contribution is 2.47. The molecule has 0 aromatic heterocycles. The van der Waals surface area contributed by atoms with E-state index in [0.29, 0.717) is 17.1 Å². The second-order valence-electron chi connectivity index (χ2n) is 5.46. The second kappa shape index (κ2) is 6.10. The Labute approximate surface area is 138 Å². The zero-order valence-corrected chi connectivity index (χ0v) is 13.5. The van der Waals surface area contributed by atoms with Gasteiger partial charge in [0, 0.05) is 23.7 Å². The highest BCUT2D eigenvalue weighted by molar-refractivity contribution is 8.14. The van der Waals surface area contributed by atoms with Crippen molar-refractivity contribution in [1.82, 2.24) is 4.90 Å². The summed E-state index contributed by atoms with van der Waals surface area (Å²) >= 11 is 7.28. The van der Waals surface area contributed by atoms with E-state index in [2.05, 4.69) is 4.99 Å². The van der Waals surface area contributed by atoms with Crippen molar-refractivity contribution in [2.24, 2.45) is 4.99 Å². The van der Waals surface area contributed by atoms with E-state index in [1.807, 2.05) is 4.90 Å². The maximum atomic E-state index is 11.4. The summed E-state index contributed by atoms with van der Waals surface area (Å²) in [4.78, 5) is 17.6. The first-order valence-electron chi connectivity index (χ1n) is 7.21. The van der Waals surface area contributed by atoms with Crippen LogP contribution < -0.4 is 0 Å². The number of benzene rings is 1. The first kappa shape index (κ1) is 15.6. The van der Waals surface area contributed by atoms with E-state index in [1.54, 1.807) is 24.3 Å². The lowest BCUT2D eigenvalue weighted by Gasteiger charge is -2.37. The molecule has 3 rings (SSSR count). The smallest absolute Gasteiger partial charge is 0.304 e. The fraction of sp³-hybridized carbons (Fsp3) is 0.467. The molecule has 2 heterocycles. The molecule has 1 aromatic carbocycles. The Morgan fingerprint density at radius 2 is 2.14 bits per heavy atom. The van der Waals surface area contributed by atoms with Gasteiger partial charge in [0.05, 0.1) is 11.7 Å². The number of hydrogen-bond acceptors (Lipinski definition) is 5. The van der Waals surface area contributed by atoms with Gasteiger partial charge in [-0.1, -0.05) is 35.5 Å². The third kappa shape index (κ3) is 2.71. The van der Waals surface area contributed by atoms with Crippen molar-refractivity contribution in [2.75, 3.05) is 13.1 Å². The number of hydrogen-bond donors (Lipinski definition) is 2. The third-order valence-electron chi connectivity index (χ3n) is 4.01. The number of nitrogens with zero attached hydrogens (tertiary/aromatic N) is 2. The number of carboxylic acid groups (broad SMARTS) is 1. The molecule has 0 saturated carbocycles. The molecule has 118 valence electrons. The van der Waals surface area contributed by atoms with Crippen molar-refractivity contribution in [1.29, 1.82) is 0 Å². The molecule has 0 spiro atoms. The van der Waals surface area contributed by atoms with Gasteiger partial charge in [-0.15, -0.1) is 0 Å². The Hall–Kier alpha value is -1.24. The fourth-order valence-corrected chi connectivity index (χ4v) is 4.47. The molecule has 7 heteroatoms. The van der Waals surface area contributed by atoms with Crippen LogP contribution in [0.25, 0.3) is 0 Å². The molecule has 5 nitrogen and oxygen atoms in total. The van der Waals surface area contributed by atoms with Gasteiger partial charge in [0.2, 0.25) is 0 Å². The number of aliphatic imine (C=N–C) groups is 1. The molecule has 0 aliphatic carbocycles. The summed E-state index contributed by atoms with van der Waals surface area (Å²) < 4.78 is 0. The van der Waals surface area contributed by atoms with Crippen LogP contribution in [0.3, 0.4) is 0 Å². The van der Waals surface area contributed by atoms with Crippen LogP contribution in [0.4, 0.5) is 0 Å². The number of amidine groups is 1. The van der Waals surface area contributed by atoms with Crippen molar-refractivity contribution in [2.45, 2.75) is 30.2 Å². The number of carboxylic acids is 1. The molecular formula is C15H17ClN2O3S. The van der Waals surface area contributed by atoms with Gasteiger partial charge >= 0.3 is 5.97 Å². The van der Waals surface area contributed by atoms with Crippen molar-refractivity contribution in [3.63, 3.8) is 0 Å². The van der Waals surface area contributed by atoms with Crippen LogP contribution >= 0.6 is 23.4 Å². The van der Waals surface area contributed by atoms with Gasteiger partial charge in [-0.3, -0.25) is 9.79 Å². The van der Waals surface area contributed by atoms with Gasteiger partial charge in [-0.05, 0) is 25.0 Å². The third-order valence-corrected chi connectivity index (χ3v) is 5.60. The average Bonchev–Trinajstić information content (AvgIpc) is 2.65. The van der Waals surface area contributed by atoms with Crippen LogP contribution in [0, 0.1) is 0 Å². The van der Waals surface area contributed by atoms with Crippen molar-refractivity contribution >= 4 is 34.5 Å². The van der Waals surface area contributed by atoms with Gasteiger partial charge in [-0.2, -0.15) is 0 Å². The quantitative estimate of drug-likeness (QED) is 0.884. The summed E-state index contributed by atoms with van der Waals surface area (Å²) in [6.45, 7) is 1.39. The lowest BCUT2D eigenvalue weighted by Crippen LogP contribution is -2.49.